The first kappa shape index (κ1) is 47.0. The molecule has 10 aromatic carbocycles. The van der Waals surface area contributed by atoms with Crippen molar-refractivity contribution in [2.24, 2.45) is 9.49 Å². The molecule has 0 atom stereocenters. The zero-order valence-electron chi connectivity index (χ0n) is 42.0. The van der Waals surface area contributed by atoms with Gasteiger partial charge >= 0.3 is 0 Å². The van der Waals surface area contributed by atoms with E-state index in [1.54, 1.807) is 0 Å². The molecule has 2 aliphatic carbocycles. The van der Waals surface area contributed by atoms with Gasteiger partial charge in [0.2, 0.25) is 0 Å². The summed E-state index contributed by atoms with van der Waals surface area (Å²) in [4.78, 5) is 0. The van der Waals surface area contributed by atoms with E-state index in [0.29, 0.717) is 0 Å². The van der Waals surface area contributed by atoms with E-state index in [9.17, 15) is 0 Å². The highest BCUT2D eigenvalue weighted by Crippen LogP contribution is 2.70. The van der Waals surface area contributed by atoms with Gasteiger partial charge in [0, 0.05) is 14.1 Å². The molecule has 0 fully saturated rings. The molecule has 0 amide bonds. The van der Waals surface area contributed by atoms with Gasteiger partial charge in [-0.05, 0) is 130 Å². The van der Waals surface area contributed by atoms with Gasteiger partial charge in [-0.1, -0.05) is 254 Å². The van der Waals surface area contributed by atoms with Crippen molar-refractivity contribution in [2.75, 3.05) is 0 Å². The quantitative estimate of drug-likeness (QED) is 0.136. The number of rotatable bonds is 8. The van der Waals surface area contributed by atoms with Gasteiger partial charge in [0.15, 0.2) is 0 Å². The highest BCUT2D eigenvalue weighted by molar-refractivity contribution is 7.82. The summed E-state index contributed by atoms with van der Waals surface area (Å²) in [6.07, 6.45) is 0. The fourth-order valence-electron chi connectivity index (χ4n) is 11.9. The van der Waals surface area contributed by atoms with Crippen LogP contribution in [0.15, 0.2) is 252 Å². The molecule has 72 heavy (non-hydrogen) atoms. The van der Waals surface area contributed by atoms with Gasteiger partial charge in [-0.25, -0.2) is 0 Å². The number of fused-ring (bicyclic) bond motifs is 6. The Kier molecular flexibility index (Phi) is 12.9. The summed E-state index contributed by atoms with van der Waals surface area (Å²) in [5.41, 5.74) is 20.9. The van der Waals surface area contributed by atoms with Gasteiger partial charge in [-0.3, -0.25) is 9.49 Å². The Bertz CT molecular complexity index is 3260. The summed E-state index contributed by atoms with van der Waals surface area (Å²) in [7, 11) is -4.76. The van der Waals surface area contributed by atoms with Crippen molar-refractivity contribution in [3.05, 3.63) is 298 Å². The smallest absolute Gasteiger partial charge is 0.0680 e. The highest BCUT2D eigenvalue weighted by atomic mass is 31.2. The second kappa shape index (κ2) is 19.7. The summed E-state index contributed by atoms with van der Waals surface area (Å²) in [5.74, 6) is 0. The van der Waals surface area contributed by atoms with E-state index < -0.39 is 14.1 Å². The van der Waals surface area contributed by atoms with Crippen LogP contribution >= 0.6 is 14.1 Å². The lowest BCUT2D eigenvalue weighted by atomic mass is 10.1. The van der Waals surface area contributed by atoms with E-state index in [0.717, 1.165) is 11.4 Å². The van der Waals surface area contributed by atoms with Crippen LogP contribution < -0.4 is 21.2 Å². The molecule has 0 spiro atoms. The zero-order chi connectivity index (χ0) is 49.4. The predicted molar refractivity (Wildman–Crippen MR) is 311 cm³/mol. The molecule has 0 bridgehead atoms. The third kappa shape index (κ3) is 8.18. The normalized spacial score (nSPS) is 12.8. The van der Waals surface area contributed by atoms with Crippen LogP contribution in [0.2, 0.25) is 0 Å². The number of nitrogens with zero attached hydrogens (tertiary/aromatic N) is 2. The Labute approximate surface area is 427 Å². The number of hydrogen-bond donors (Lipinski definition) is 0. The lowest BCUT2D eigenvalue weighted by Gasteiger charge is -2.34. The second-order valence-electron chi connectivity index (χ2n) is 19.6. The van der Waals surface area contributed by atoms with Gasteiger partial charge in [0.05, 0.1) is 22.7 Å². The van der Waals surface area contributed by atoms with Crippen molar-refractivity contribution in [1.82, 2.24) is 0 Å². The van der Waals surface area contributed by atoms with Gasteiger partial charge in [0.1, 0.15) is 0 Å². The van der Waals surface area contributed by atoms with Gasteiger partial charge < -0.3 is 0 Å². The summed E-state index contributed by atoms with van der Waals surface area (Å²) >= 11 is 0. The van der Waals surface area contributed by atoms with E-state index >= 15 is 0 Å². The first-order valence-electron chi connectivity index (χ1n) is 25.2. The standard InChI is InChI=1S/2C34H30NP/c2*1-24-22-25(2)33(26(3)23-24)35-36(27-14-6-4-7-15-27,28-16-8-5-9-17-28)34-31-20-12-10-18-29(31)30-19-11-13-21-32(30)34/h2*4-23,34H,1-3H3. The van der Waals surface area contributed by atoms with Crippen molar-refractivity contribution in [3.8, 4) is 22.3 Å². The highest BCUT2D eigenvalue weighted by Gasteiger charge is 2.44. The topological polar surface area (TPSA) is 24.7 Å². The minimum atomic E-state index is -2.38. The molecule has 0 saturated heterocycles. The maximum atomic E-state index is 5.96. The molecule has 0 N–H and O–H groups in total. The van der Waals surface area contributed by atoms with Gasteiger partial charge in [-0.15, -0.1) is 0 Å². The third-order valence-electron chi connectivity index (χ3n) is 14.7. The van der Waals surface area contributed by atoms with Crippen molar-refractivity contribution in [2.45, 2.75) is 52.9 Å². The maximum Gasteiger partial charge on any atom is 0.0680 e. The summed E-state index contributed by atoms with van der Waals surface area (Å²) in [6, 6.07) is 89.1. The molecule has 0 radical (unpaired) electrons. The zero-order valence-corrected chi connectivity index (χ0v) is 43.8. The molecule has 0 saturated carbocycles. The molecule has 0 unspecified atom stereocenters. The largest absolute Gasteiger partial charge is 0.257 e. The van der Waals surface area contributed by atoms with Crippen LogP contribution in [-0.4, -0.2) is 0 Å². The van der Waals surface area contributed by atoms with E-state index in [4.69, 9.17) is 9.49 Å². The Morgan fingerprint density at radius 2 is 0.472 bits per heavy atom. The SMILES string of the molecule is Cc1cc(C)c(N=P(c2ccccc2)(c2ccccc2)C2c3ccccc3-c3ccccc32)c(C)c1.Cc1cc(C)c(N=P(c2ccccc2)(c2ccccc2)C2c3ccccc3-c3ccccc32)c(C)c1. The first-order valence-corrected chi connectivity index (χ1v) is 28.8. The number of hydrogen-bond acceptors (Lipinski definition) is 2. The molecule has 12 rings (SSSR count). The van der Waals surface area contributed by atoms with Crippen LogP contribution in [0.5, 0.6) is 0 Å². The van der Waals surface area contributed by atoms with Crippen molar-refractivity contribution < 1.29 is 0 Å². The Morgan fingerprint density at radius 3 is 0.708 bits per heavy atom. The van der Waals surface area contributed by atoms with E-state index in [1.807, 2.05) is 0 Å². The van der Waals surface area contributed by atoms with Crippen LogP contribution in [0.4, 0.5) is 11.4 Å². The van der Waals surface area contributed by atoms with Crippen LogP contribution in [0, 0.1) is 41.5 Å². The van der Waals surface area contributed by atoms with Crippen molar-refractivity contribution in [1.29, 1.82) is 0 Å². The van der Waals surface area contributed by atoms with Crippen LogP contribution in [-0.2, 0) is 0 Å². The first-order chi connectivity index (χ1) is 35.2. The molecule has 0 heterocycles. The number of benzene rings is 10. The Balaban J connectivity index is 0.000000156. The summed E-state index contributed by atoms with van der Waals surface area (Å²) in [6.45, 7) is 13.2. The molecule has 10 aromatic rings. The van der Waals surface area contributed by atoms with E-state index in [-0.39, 0.29) is 11.3 Å². The van der Waals surface area contributed by atoms with Crippen LogP contribution in [0.3, 0.4) is 0 Å². The van der Waals surface area contributed by atoms with Crippen molar-refractivity contribution in [3.63, 3.8) is 0 Å². The molecule has 2 nitrogen and oxygen atoms in total. The summed E-state index contributed by atoms with van der Waals surface area (Å²) < 4.78 is 11.9. The van der Waals surface area contributed by atoms with Crippen molar-refractivity contribution >= 4 is 46.7 Å². The summed E-state index contributed by atoms with van der Waals surface area (Å²) in [5, 5.41) is 5.25. The molecule has 0 aromatic heterocycles. The van der Waals surface area contributed by atoms with E-state index in [1.165, 1.54) is 99.1 Å². The lowest BCUT2D eigenvalue weighted by molar-refractivity contribution is 1.18. The minimum Gasteiger partial charge on any atom is -0.257 e. The lowest BCUT2D eigenvalue weighted by Crippen LogP contribution is -2.21. The second-order valence-corrected chi connectivity index (χ2v) is 25.8. The molecule has 0 aliphatic heterocycles. The Morgan fingerprint density at radius 1 is 0.264 bits per heavy atom. The van der Waals surface area contributed by atoms with Gasteiger partial charge in [-0.2, -0.15) is 0 Å². The fraction of sp³-hybridized carbons (Fsp3) is 0.118. The predicted octanol–water partition coefficient (Wildman–Crippen LogP) is 17.7. The van der Waals surface area contributed by atoms with Gasteiger partial charge in [0.25, 0.3) is 0 Å². The molecule has 352 valence electrons. The average molecular weight is 967 g/mol. The maximum absolute atomic E-state index is 5.96. The van der Waals surface area contributed by atoms with Crippen LogP contribution in [0.25, 0.3) is 22.3 Å². The average Bonchev–Trinajstić information content (AvgIpc) is 3.93. The molecular weight excluding hydrogens is 907 g/mol. The molecule has 2 aliphatic rings. The minimum absolute atomic E-state index is 0.148. The van der Waals surface area contributed by atoms with Crippen LogP contribution in [0.1, 0.15) is 67.0 Å². The molecule has 4 heteroatoms. The fourth-order valence-corrected chi connectivity index (χ4v) is 20.7. The monoisotopic (exact) mass is 966 g/mol. The van der Waals surface area contributed by atoms with E-state index in [2.05, 4.69) is 284 Å². The number of aryl methyl sites for hydroxylation is 6. The third-order valence-corrected chi connectivity index (χ3v) is 22.7. The molecular formula is C68H60N2P2. The Hall–Kier alpha value is -7.34.